The van der Waals surface area contributed by atoms with E-state index in [1.54, 1.807) is 0 Å². The number of nitrogens with two attached hydrogens (primary N) is 1. The summed E-state index contributed by atoms with van der Waals surface area (Å²) in [7, 11) is 4.23. The first kappa shape index (κ1) is 10.4. The van der Waals surface area contributed by atoms with Crippen molar-refractivity contribution in [2.45, 2.75) is 18.9 Å². The fourth-order valence-electron chi connectivity index (χ4n) is 2.41. The number of rotatable bonds is 1. The summed E-state index contributed by atoms with van der Waals surface area (Å²) in [5.74, 6) is 0.236. The van der Waals surface area contributed by atoms with E-state index in [0.29, 0.717) is 6.04 Å². The molecule has 2 N–H and O–H groups in total. The van der Waals surface area contributed by atoms with E-state index in [2.05, 4.69) is 46.3 Å². The molecule has 0 fully saturated rings. The number of nitrogen functional groups attached to an aromatic ring is 1. The largest absolute Gasteiger partial charge is 0.366 e. The van der Waals surface area contributed by atoms with Crippen LogP contribution in [0.4, 0.5) is 5.95 Å². The summed E-state index contributed by atoms with van der Waals surface area (Å²) in [5.41, 5.74) is 9.94. The van der Waals surface area contributed by atoms with Gasteiger partial charge in [-0.1, -0.05) is 0 Å². The highest BCUT2D eigenvalue weighted by molar-refractivity contribution is 5.77. The van der Waals surface area contributed by atoms with E-state index in [1.807, 2.05) is 0 Å². The minimum Gasteiger partial charge on any atom is -0.366 e. The first-order chi connectivity index (χ1) is 8.13. The molecule has 88 valence electrons. The lowest BCUT2D eigenvalue weighted by Crippen LogP contribution is -2.27. The quantitative estimate of drug-likeness (QED) is 0.777. The molecular weight excluding hydrogens is 214 g/mol. The number of hydrogen-bond acceptors (Lipinski definition) is 5. The molecule has 5 nitrogen and oxygen atoms in total. The second-order valence-corrected chi connectivity index (χ2v) is 4.81. The van der Waals surface area contributed by atoms with Gasteiger partial charge in [-0.25, -0.2) is 4.98 Å². The van der Waals surface area contributed by atoms with Crippen molar-refractivity contribution in [3.63, 3.8) is 0 Å². The maximum Gasteiger partial charge on any atom is 0.240 e. The summed E-state index contributed by atoms with van der Waals surface area (Å²) >= 11 is 0. The highest BCUT2D eigenvalue weighted by atomic mass is 15.2. The van der Waals surface area contributed by atoms with Gasteiger partial charge >= 0.3 is 0 Å². The molecule has 0 radical (unpaired) electrons. The van der Waals surface area contributed by atoms with Crippen LogP contribution < -0.4 is 5.73 Å². The molecule has 3 rings (SSSR count). The molecule has 1 atom stereocenters. The van der Waals surface area contributed by atoms with E-state index in [4.69, 9.17) is 5.73 Å². The summed E-state index contributed by atoms with van der Waals surface area (Å²) < 4.78 is 0. The molecule has 1 aromatic heterocycles. The average molecular weight is 229 g/mol. The zero-order chi connectivity index (χ0) is 12.0. The van der Waals surface area contributed by atoms with Gasteiger partial charge in [0.15, 0.2) is 0 Å². The summed E-state index contributed by atoms with van der Waals surface area (Å²) in [6.45, 7) is 0. The van der Waals surface area contributed by atoms with Gasteiger partial charge in [-0.05, 0) is 50.2 Å². The Bertz CT molecular complexity index is 578. The zero-order valence-electron chi connectivity index (χ0n) is 10.0. The Morgan fingerprint density at radius 3 is 2.41 bits per heavy atom. The molecule has 17 heavy (non-hydrogen) atoms. The number of benzene rings is 1. The van der Waals surface area contributed by atoms with Crippen LogP contribution in [0.25, 0.3) is 11.0 Å². The van der Waals surface area contributed by atoms with Crippen molar-refractivity contribution < 1.29 is 0 Å². The summed E-state index contributed by atoms with van der Waals surface area (Å²) in [4.78, 5) is 6.48. The van der Waals surface area contributed by atoms with Crippen LogP contribution in [-0.4, -0.2) is 40.2 Å². The monoisotopic (exact) mass is 229 g/mol. The molecule has 1 aromatic carbocycles. The topological polar surface area (TPSA) is 67.9 Å². The molecule has 2 aromatic rings. The standard InChI is InChI=1S/C12H15N5/c1-17(2)9-3-7-5-10-11(6-8(7)4-9)15-16-12(13)14-10/h5-6,9H,3-4H2,1-2H3,(H2,13,14,16). The van der Waals surface area contributed by atoms with Crippen molar-refractivity contribution in [2.24, 2.45) is 0 Å². The summed E-state index contributed by atoms with van der Waals surface area (Å²) in [6.07, 6.45) is 2.15. The summed E-state index contributed by atoms with van der Waals surface area (Å²) in [6, 6.07) is 4.76. The van der Waals surface area contributed by atoms with Crippen LogP contribution in [0.3, 0.4) is 0 Å². The van der Waals surface area contributed by atoms with Crippen LogP contribution >= 0.6 is 0 Å². The lowest BCUT2D eigenvalue weighted by Gasteiger charge is -2.17. The Hall–Kier alpha value is -1.75. The van der Waals surface area contributed by atoms with Crippen LogP contribution in [0.2, 0.25) is 0 Å². The highest BCUT2D eigenvalue weighted by Gasteiger charge is 2.23. The third-order valence-electron chi connectivity index (χ3n) is 3.43. The fourth-order valence-corrected chi connectivity index (χ4v) is 2.41. The third-order valence-corrected chi connectivity index (χ3v) is 3.43. The maximum absolute atomic E-state index is 5.55. The lowest BCUT2D eigenvalue weighted by molar-refractivity contribution is 0.303. The number of hydrogen-bond donors (Lipinski definition) is 1. The van der Waals surface area contributed by atoms with Crippen molar-refractivity contribution in [1.29, 1.82) is 0 Å². The Morgan fingerprint density at radius 2 is 1.76 bits per heavy atom. The van der Waals surface area contributed by atoms with Gasteiger partial charge in [-0.2, -0.15) is 0 Å². The number of anilines is 1. The van der Waals surface area contributed by atoms with Gasteiger partial charge in [-0.15, -0.1) is 10.2 Å². The molecule has 1 aliphatic carbocycles. The molecule has 0 saturated carbocycles. The van der Waals surface area contributed by atoms with Gasteiger partial charge in [0.1, 0.15) is 5.52 Å². The van der Waals surface area contributed by atoms with Crippen LogP contribution in [0.1, 0.15) is 11.1 Å². The van der Waals surface area contributed by atoms with Crippen molar-refractivity contribution in [1.82, 2.24) is 20.1 Å². The Balaban J connectivity index is 2.09. The molecule has 1 heterocycles. The van der Waals surface area contributed by atoms with Crippen molar-refractivity contribution in [2.75, 3.05) is 19.8 Å². The predicted octanol–water partition coefficient (Wildman–Crippen LogP) is 0.636. The van der Waals surface area contributed by atoms with Crippen molar-refractivity contribution >= 4 is 17.0 Å². The number of nitrogens with zero attached hydrogens (tertiary/aromatic N) is 4. The highest BCUT2D eigenvalue weighted by Crippen LogP contribution is 2.27. The number of fused-ring (bicyclic) bond motifs is 2. The van der Waals surface area contributed by atoms with Crippen molar-refractivity contribution in [3.8, 4) is 0 Å². The van der Waals surface area contributed by atoms with E-state index < -0.39 is 0 Å². The maximum atomic E-state index is 5.55. The SMILES string of the molecule is CN(C)C1Cc2cc3nnc(N)nc3cc2C1. The minimum atomic E-state index is 0.236. The zero-order valence-corrected chi connectivity index (χ0v) is 10.0. The van der Waals surface area contributed by atoms with Gasteiger partial charge in [0.25, 0.3) is 0 Å². The second kappa shape index (κ2) is 3.63. The van der Waals surface area contributed by atoms with E-state index in [9.17, 15) is 0 Å². The normalized spacial score (nSPS) is 18.9. The Morgan fingerprint density at radius 1 is 1.12 bits per heavy atom. The first-order valence-electron chi connectivity index (χ1n) is 5.71. The van der Waals surface area contributed by atoms with E-state index in [0.717, 1.165) is 23.9 Å². The fraction of sp³-hybridized carbons (Fsp3) is 0.417. The lowest BCUT2D eigenvalue weighted by atomic mass is 10.1. The number of likely N-dealkylation sites (N-methyl/N-ethyl adjacent to an activating group) is 1. The van der Waals surface area contributed by atoms with E-state index in [-0.39, 0.29) is 5.95 Å². The Kier molecular flexibility index (Phi) is 2.22. The third kappa shape index (κ3) is 1.72. The minimum absolute atomic E-state index is 0.236. The average Bonchev–Trinajstić information content (AvgIpc) is 2.68. The molecular formula is C12H15N5. The Labute approximate surface area is 99.7 Å². The molecule has 5 heteroatoms. The molecule has 1 unspecified atom stereocenters. The molecule has 0 aliphatic heterocycles. The van der Waals surface area contributed by atoms with Crippen LogP contribution in [0.15, 0.2) is 12.1 Å². The molecule has 0 bridgehead atoms. The van der Waals surface area contributed by atoms with Crippen LogP contribution in [-0.2, 0) is 12.8 Å². The number of aromatic nitrogens is 3. The van der Waals surface area contributed by atoms with Gasteiger partial charge in [0.2, 0.25) is 5.95 Å². The van der Waals surface area contributed by atoms with E-state index >= 15 is 0 Å². The van der Waals surface area contributed by atoms with Gasteiger partial charge < -0.3 is 10.6 Å². The van der Waals surface area contributed by atoms with Gasteiger partial charge in [-0.3, -0.25) is 0 Å². The molecule has 1 aliphatic rings. The van der Waals surface area contributed by atoms with Gasteiger partial charge in [0, 0.05) is 6.04 Å². The molecule has 0 saturated heterocycles. The van der Waals surface area contributed by atoms with Crippen LogP contribution in [0.5, 0.6) is 0 Å². The smallest absolute Gasteiger partial charge is 0.240 e. The van der Waals surface area contributed by atoms with Crippen molar-refractivity contribution in [3.05, 3.63) is 23.3 Å². The first-order valence-corrected chi connectivity index (χ1v) is 5.71. The van der Waals surface area contributed by atoms with Crippen LogP contribution in [0, 0.1) is 0 Å². The van der Waals surface area contributed by atoms with Gasteiger partial charge in [0.05, 0.1) is 5.52 Å². The second-order valence-electron chi connectivity index (χ2n) is 4.81. The summed E-state index contributed by atoms with van der Waals surface area (Å²) in [5, 5.41) is 7.87. The molecule has 0 spiro atoms. The molecule has 0 amide bonds. The predicted molar refractivity (Wildman–Crippen MR) is 66.6 cm³/mol. The van der Waals surface area contributed by atoms with E-state index in [1.165, 1.54) is 11.1 Å².